The zero-order valence-electron chi connectivity index (χ0n) is 10.4. The molecule has 0 fully saturated rings. The first-order valence-corrected chi connectivity index (χ1v) is 6.51. The van der Waals surface area contributed by atoms with Crippen LogP contribution < -0.4 is 10.7 Å². The Kier molecular flexibility index (Phi) is 4.37. The Bertz CT molecular complexity index is 696. The van der Waals surface area contributed by atoms with E-state index >= 15 is 0 Å². The lowest BCUT2D eigenvalue weighted by atomic mass is 10.2. The van der Waals surface area contributed by atoms with Crippen LogP contribution in [0.2, 0.25) is 0 Å². The van der Waals surface area contributed by atoms with E-state index in [1.807, 2.05) is 0 Å². The van der Waals surface area contributed by atoms with Gasteiger partial charge in [0, 0.05) is 29.0 Å². The summed E-state index contributed by atoms with van der Waals surface area (Å²) in [6.45, 7) is 0. The average molecular weight is 314 g/mol. The number of halogens is 3. The number of benzene rings is 1. The molecule has 4 nitrogen and oxygen atoms in total. The van der Waals surface area contributed by atoms with E-state index in [1.165, 1.54) is 42.7 Å². The molecule has 110 valence electrons. The van der Waals surface area contributed by atoms with E-state index in [2.05, 4.69) is 10.3 Å². The number of pyridine rings is 1. The smallest absolute Gasteiger partial charge is 0.367 e. The van der Waals surface area contributed by atoms with E-state index in [4.69, 9.17) is 0 Å². The number of anilines is 1. The summed E-state index contributed by atoms with van der Waals surface area (Å²) in [5, 5.41) is 2.44. The molecule has 2 aromatic rings. The van der Waals surface area contributed by atoms with Crippen molar-refractivity contribution in [1.82, 2.24) is 4.98 Å². The van der Waals surface area contributed by atoms with Gasteiger partial charge >= 0.3 is 5.51 Å². The molecule has 1 heterocycles. The van der Waals surface area contributed by atoms with E-state index in [0.717, 1.165) is 0 Å². The molecule has 2 N–H and O–H groups in total. The van der Waals surface area contributed by atoms with Crippen molar-refractivity contribution >= 4 is 23.4 Å². The summed E-state index contributed by atoms with van der Waals surface area (Å²) in [5.74, 6) is -0.631. The molecule has 0 saturated heterocycles. The Hall–Kier alpha value is -2.22. The molecule has 1 aromatic heterocycles. The molecular weight excluding hydrogens is 305 g/mol. The third-order valence-electron chi connectivity index (χ3n) is 2.41. The number of hydrogen-bond acceptors (Lipinski definition) is 3. The summed E-state index contributed by atoms with van der Waals surface area (Å²) in [6.07, 6.45) is 2.65. The van der Waals surface area contributed by atoms with E-state index in [-0.39, 0.29) is 22.2 Å². The average Bonchev–Trinajstić information content (AvgIpc) is 2.40. The van der Waals surface area contributed by atoms with Crippen molar-refractivity contribution in [2.75, 3.05) is 5.32 Å². The highest BCUT2D eigenvalue weighted by atomic mass is 32.2. The molecule has 0 aliphatic carbocycles. The number of thioether (sulfide) groups is 1. The van der Waals surface area contributed by atoms with E-state index < -0.39 is 16.8 Å². The first kappa shape index (κ1) is 15.2. The number of aromatic nitrogens is 1. The van der Waals surface area contributed by atoms with Crippen molar-refractivity contribution in [3.63, 3.8) is 0 Å². The van der Waals surface area contributed by atoms with Gasteiger partial charge in [0.1, 0.15) is 5.56 Å². The van der Waals surface area contributed by atoms with Crippen LogP contribution >= 0.6 is 11.8 Å². The number of aromatic amines is 1. The van der Waals surface area contributed by atoms with Crippen molar-refractivity contribution in [3.05, 3.63) is 58.5 Å². The summed E-state index contributed by atoms with van der Waals surface area (Å²) in [5.41, 5.74) is -4.58. The molecule has 8 heteroatoms. The van der Waals surface area contributed by atoms with Crippen molar-refractivity contribution in [2.24, 2.45) is 0 Å². The van der Waals surface area contributed by atoms with Gasteiger partial charge in [-0.1, -0.05) is 0 Å². The number of nitrogens with one attached hydrogen (secondary N) is 2. The Balaban J connectivity index is 2.09. The second kappa shape index (κ2) is 6.04. The second-order valence-corrected chi connectivity index (χ2v) is 5.09. The van der Waals surface area contributed by atoms with Gasteiger partial charge in [0.05, 0.1) is 0 Å². The standard InChI is InChI=1S/C13H9F3N2O2S/c14-13(15,16)21-9-3-1-8(2-4-9)18-12(20)10-7-17-6-5-11(10)19/h1-7H,(H,17,19)(H,18,20). The minimum absolute atomic E-state index is 0.0121. The summed E-state index contributed by atoms with van der Waals surface area (Å²) in [6, 6.07) is 6.36. The number of amides is 1. The van der Waals surface area contributed by atoms with Crippen LogP contribution in [0.3, 0.4) is 0 Å². The van der Waals surface area contributed by atoms with Gasteiger partial charge in [0.15, 0.2) is 5.43 Å². The maximum absolute atomic E-state index is 12.2. The van der Waals surface area contributed by atoms with Gasteiger partial charge in [-0.25, -0.2) is 0 Å². The topological polar surface area (TPSA) is 62.0 Å². The molecule has 0 aliphatic rings. The predicted molar refractivity (Wildman–Crippen MR) is 73.4 cm³/mol. The number of carbonyl (C=O) groups excluding carboxylic acids is 1. The van der Waals surface area contributed by atoms with Crippen LogP contribution in [-0.2, 0) is 0 Å². The second-order valence-electron chi connectivity index (χ2n) is 3.95. The van der Waals surface area contributed by atoms with Gasteiger partial charge in [-0.15, -0.1) is 0 Å². The van der Waals surface area contributed by atoms with E-state index in [1.54, 1.807) is 0 Å². The summed E-state index contributed by atoms with van der Waals surface area (Å²) >= 11 is -0.241. The molecule has 0 aliphatic heterocycles. The monoisotopic (exact) mass is 314 g/mol. The fourth-order valence-electron chi connectivity index (χ4n) is 1.53. The number of alkyl halides is 3. The first-order chi connectivity index (χ1) is 9.85. The van der Waals surface area contributed by atoms with Crippen LogP contribution in [-0.4, -0.2) is 16.4 Å². The van der Waals surface area contributed by atoms with Crippen molar-refractivity contribution in [2.45, 2.75) is 10.4 Å². The van der Waals surface area contributed by atoms with Crippen LogP contribution in [0.1, 0.15) is 10.4 Å². The van der Waals surface area contributed by atoms with Gasteiger partial charge in [0.2, 0.25) is 0 Å². The molecule has 0 atom stereocenters. The molecular formula is C13H9F3N2O2S. The summed E-state index contributed by atoms with van der Waals surface area (Å²) in [7, 11) is 0. The predicted octanol–water partition coefficient (Wildman–Crippen LogP) is 3.24. The Morgan fingerprint density at radius 2 is 1.81 bits per heavy atom. The number of rotatable bonds is 3. The third-order valence-corrected chi connectivity index (χ3v) is 3.15. The van der Waals surface area contributed by atoms with Crippen LogP contribution in [0.15, 0.2) is 52.4 Å². The summed E-state index contributed by atoms with van der Waals surface area (Å²) < 4.78 is 36.5. The highest BCUT2D eigenvalue weighted by Crippen LogP contribution is 2.37. The largest absolute Gasteiger partial charge is 0.446 e. The molecule has 21 heavy (non-hydrogen) atoms. The Morgan fingerprint density at radius 1 is 1.14 bits per heavy atom. The molecule has 2 rings (SSSR count). The van der Waals surface area contributed by atoms with Gasteiger partial charge in [0.25, 0.3) is 5.91 Å². The lowest BCUT2D eigenvalue weighted by molar-refractivity contribution is -0.0328. The van der Waals surface area contributed by atoms with E-state index in [0.29, 0.717) is 5.69 Å². The fourth-order valence-corrected chi connectivity index (χ4v) is 2.07. The number of H-pyrrole nitrogens is 1. The molecule has 0 saturated carbocycles. The van der Waals surface area contributed by atoms with Gasteiger partial charge in [-0.2, -0.15) is 13.2 Å². The van der Waals surface area contributed by atoms with Crippen LogP contribution in [0, 0.1) is 0 Å². The Labute approximate surface area is 121 Å². The molecule has 1 amide bonds. The summed E-state index contributed by atoms with van der Waals surface area (Å²) in [4.78, 5) is 25.9. The highest BCUT2D eigenvalue weighted by molar-refractivity contribution is 8.00. The van der Waals surface area contributed by atoms with E-state index in [9.17, 15) is 22.8 Å². The molecule has 0 spiro atoms. The zero-order valence-corrected chi connectivity index (χ0v) is 11.2. The highest BCUT2D eigenvalue weighted by Gasteiger charge is 2.29. The molecule has 0 unspecified atom stereocenters. The van der Waals surface area contributed by atoms with Crippen molar-refractivity contribution in [1.29, 1.82) is 0 Å². The Morgan fingerprint density at radius 3 is 2.38 bits per heavy atom. The SMILES string of the molecule is O=C(Nc1ccc(SC(F)(F)F)cc1)c1c[nH]ccc1=O. The normalized spacial score (nSPS) is 11.2. The molecule has 0 bridgehead atoms. The molecule has 1 aromatic carbocycles. The number of hydrogen-bond donors (Lipinski definition) is 2. The van der Waals surface area contributed by atoms with Gasteiger partial charge in [-0.3, -0.25) is 9.59 Å². The minimum Gasteiger partial charge on any atom is -0.367 e. The lowest BCUT2D eigenvalue weighted by Gasteiger charge is -2.07. The lowest BCUT2D eigenvalue weighted by Crippen LogP contribution is -2.20. The quantitative estimate of drug-likeness (QED) is 0.855. The maximum atomic E-state index is 12.2. The van der Waals surface area contributed by atoms with Crippen LogP contribution in [0.25, 0.3) is 0 Å². The van der Waals surface area contributed by atoms with Crippen molar-refractivity contribution < 1.29 is 18.0 Å². The molecule has 0 radical (unpaired) electrons. The van der Waals surface area contributed by atoms with Crippen LogP contribution in [0.4, 0.5) is 18.9 Å². The van der Waals surface area contributed by atoms with Crippen molar-refractivity contribution in [3.8, 4) is 0 Å². The van der Waals surface area contributed by atoms with Crippen LogP contribution in [0.5, 0.6) is 0 Å². The maximum Gasteiger partial charge on any atom is 0.446 e. The number of carbonyl (C=O) groups is 1. The zero-order chi connectivity index (χ0) is 15.5. The van der Waals surface area contributed by atoms with Gasteiger partial charge < -0.3 is 10.3 Å². The fraction of sp³-hybridized carbons (Fsp3) is 0.0769. The van der Waals surface area contributed by atoms with Gasteiger partial charge in [-0.05, 0) is 36.0 Å². The minimum atomic E-state index is -4.36. The first-order valence-electron chi connectivity index (χ1n) is 5.69. The third kappa shape index (κ3) is 4.38.